The van der Waals surface area contributed by atoms with Gasteiger partial charge >= 0.3 is 0 Å². The molecule has 19 heavy (non-hydrogen) atoms. The average Bonchev–Trinajstić information content (AvgIpc) is 2.68. The lowest BCUT2D eigenvalue weighted by Crippen LogP contribution is -2.30. The van der Waals surface area contributed by atoms with Crippen molar-refractivity contribution in [3.05, 3.63) is 50.7 Å². The first-order valence-electron chi connectivity index (χ1n) is 5.92. The summed E-state index contributed by atoms with van der Waals surface area (Å²) < 4.78 is 2.75. The van der Waals surface area contributed by atoms with E-state index in [-0.39, 0.29) is 6.04 Å². The monoisotopic (exact) mass is 342 g/mol. The molecule has 0 saturated carbocycles. The largest absolute Gasteiger partial charge is 0.272 e. The van der Waals surface area contributed by atoms with Gasteiger partial charge in [0.2, 0.25) is 0 Å². The third-order valence-electron chi connectivity index (χ3n) is 3.06. The number of hydrogen-bond acceptors (Lipinski definition) is 3. The Kier molecular flexibility index (Phi) is 4.62. The zero-order valence-electron chi connectivity index (χ0n) is 10.8. The number of aromatic nitrogens is 2. The molecule has 2 rings (SSSR count). The molecular formula is C13H16BrClN4. The molecule has 0 amide bonds. The van der Waals surface area contributed by atoms with Crippen LogP contribution in [0.15, 0.2) is 28.7 Å². The predicted molar refractivity (Wildman–Crippen MR) is 80.9 cm³/mol. The van der Waals surface area contributed by atoms with Gasteiger partial charge in [0.15, 0.2) is 0 Å². The minimum absolute atomic E-state index is 0.000370. The van der Waals surface area contributed by atoms with Gasteiger partial charge in [-0.15, -0.1) is 0 Å². The first-order valence-corrected chi connectivity index (χ1v) is 7.09. The Bertz CT molecular complexity index is 582. The smallest absolute Gasteiger partial charge is 0.0596 e. The molecule has 0 aliphatic carbocycles. The quantitative estimate of drug-likeness (QED) is 0.663. The summed E-state index contributed by atoms with van der Waals surface area (Å²) in [6, 6.07) is 7.91. The number of nitrogens with one attached hydrogen (secondary N) is 1. The van der Waals surface area contributed by atoms with Crippen molar-refractivity contribution in [2.75, 3.05) is 0 Å². The SMILES string of the molecule is Cc1cc(CC(NN)c2ccc(Br)c(Cl)c2)n(C)n1. The molecular weight excluding hydrogens is 328 g/mol. The van der Waals surface area contributed by atoms with Crippen LogP contribution < -0.4 is 11.3 Å². The van der Waals surface area contributed by atoms with Crippen LogP contribution in [0.1, 0.15) is 23.0 Å². The summed E-state index contributed by atoms with van der Waals surface area (Å²) in [7, 11) is 1.93. The fourth-order valence-electron chi connectivity index (χ4n) is 2.07. The second kappa shape index (κ2) is 6.05. The van der Waals surface area contributed by atoms with E-state index in [4.69, 9.17) is 17.4 Å². The van der Waals surface area contributed by atoms with E-state index in [9.17, 15) is 0 Å². The molecule has 0 spiro atoms. The van der Waals surface area contributed by atoms with E-state index in [1.54, 1.807) is 0 Å². The number of hydrazine groups is 1. The molecule has 1 aromatic carbocycles. The maximum absolute atomic E-state index is 6.12. The van der Waals surface area contributed by atoms with Gasteiger partial charge in [-0.1, -0.05) is 17.7 Å². The Morgan fingerprint density at radius 2 is 2.21 bits per heavy atom. The van der Waals surface area contributed by atoms with E-state index in [1.807, 2.05) is 36.9 Å². The molecule has 102 valence electrons. The molecule has 1 heterocycles. The van der Waals surface area contributed by atoms with Crippen molar-refractivity contribution >= 4 is 27.5 Å². The van der Waals surface area contributed by atoms with Crippen LogP contribution in [0, 0.1) is 6.92 Å². The highest BCUT2D eigenvalue weighted by Gasteiger charge is 2.14. The van der Waals surface area contributed by atoms with Crippen molar-refractivity contribution in [3.63, 3.8) is 0 Å². The average molecular weight is 344 g/mol. The fourth-order valence-corrected chi connectivity index (χ4v) is 2.50. The van der Waals surface area contributed by atoms with Crippen molar-refractivity contribution in [2.24, 2.45) is 12.9 Å². The lowest BCUT2D eigenvalue weighted by molar-refractivity contribution is 0.530. The molecule has 1 atom stereocenters. The highest BCUT2D eigenvalue weighted by atomic mass is 79.9. The molecule has 0 aliphatic rings. The van der Waals surface area contributed by atoms with Crippen LogP contribution in [0.5, 0.6) is 0 Å². The van der Waals surface area contributed by atoms with Gasteiger partial charge in [0.25, 0.3) is 0 Å². The minimum Gasteiger partial charge on any atom is -0.272 e. The lowest BCUT2D eigenvalue weighted by atomic mass is 10.0. The first kappa shape index (κ1) is 14.5. The van der Waals surface area contributed by atoms with E-state index in [1.165, 1.54) is 0 Å². The maximum Gasteiger partial charge on any atom is 0.0596 e. The standard InChI is InChI=1S/C13H16BrClN4/c1-8-5-10(19(2)18-8)7-13(17-16)9-3-4-11(14)12(15)6-9/h3-6,13,17H,7,16H2,1-2H3. The summed E-state index contributed by atoms with van der Waals surface area (Å²) in [6.45, 7) is 1.98. The highest BCUT2D eigenvalue weighted by Crippen LogP contribution is 2.27. The van der Waals surface area contributed by atoms with Gasteiger partial charge in [0.1, 0.15) is 0 Å². The first-order chi connectivity index (χ1) is 9.01. The molecule has 3 N–H and O–H groups in total. The molecule has 6 heteroatoms. The number of aryl methyl sites for hydroxylation is 2. The Labute approximate surface area is 126 Å². The Morgan fingerprint density at radius 1 is 1.47 bits per heavy atom. The molecule has 0 bridgehead atoms. The van der Waals surface area contributed by atoms with E-state index in [0.717, 1.165) is 27.8 Å². The summed E-state index contributed by atoms with van der Waals surface area (Å²) in [5.41, 5.74) is 6.01. The predicted octanol–water partition coefficient (Wildman–Crippen LogP) is 2.89. The maximum atomic E-state index is 6.12. The molecule has 1 unspecified atom stereocenters. The van der Waals surface area contributed by atoms with Crippen molar-refractivity contribution < 1.29 is 0 Å². The number of halogens is 2. The summed E-state index contributed by atoms with van der Waals surface area (Å²) in [5, 5.41) is 5.02. The summed E-state index contributed by atoms with van der Waals surface area (Å²) in [4.78, 5) is 0. The fraction of sp³-hybridized carbons (Fsp3) is 0.308. The number of nitrogens with zero attached hydrogens (tertiary/aromatic N) is 2. The summed E-state index contributed by atoms with van der Waals surface area (Å²) in [5.74, 6) is 5.66. The number of hydrogen-bond donors (Lipinski definition) is 2. The van der Waals surface area contributed by atoms with Crippen LogP contribution in [0.3, 0.4) is 0 Å². The molecule has 0 radical (unpaired) electrons. The molecule has 0 fully saturated rings. The van der Waals surface area contributed by atoms with Crippen molar-refractivity contribution in [3.8, 4) is 0 Å². The van der Waals surface area contributed by atoms with E-state index in [2.05, 4.69) is 32.5 Å². The van der Waals surface area contributed by atoms with E-state index < -0.39 is 0 Å². The topological polar surface area (TPSA) is 55.9 Å². The van der Waals surface area contributed by atoms with E-state index in [0.29, 0.717) is 5.02 Å². The van der Waals surface area contributed by atoms with Gasteiger partial charge in [-0.25, -0.2) is 0 Å². The Balaban J connectivity index is 2.24. The second-order valence-electron chi connectivity index (χ2n) is 4.50. The molecule has 0 aliphatic heterocycles. The Hall–Kier alpha value is -0.880. The third-order valence-corrected chi connectivity index (χ3v) is 4.29. The summed E-state index contributed by atoms with van der Waals surface area (Å²) in [6.07, 6.45) is 0.756. The minimum atomic E-state index is 0.000370. The second-order valence-corrected chi connectivity index (χ2v) is 5.76. The molecule has 0 saturated heterocycles. The van der Waals surface area contributed by atoms with Gasteiger partial charge in [-0.2, -0.15) is 5.10 Å². The molecule has 2 aromatic rings. The van der Waals surface area contributed by atoms with Crippen molar-refractivity contribution in [1.82, 2.24) is 15.2 Å². The van der Waals surface area contributed by atoms with Crippen molar-refractivity contribution in [2.45, 2.75) is 19.4 Å². The van der Waals surface area contributed by atoms with Crippen LogP contribution in [0.4, 0.5) is 0 Å². The van der Waals surface area contributed by atoms with Gasteiger partial charge in [-0.05, 0) is 46.6 Å². The van der Waals surface area contributed by atoms with Gasteiger partial charge in [-0.3, -0.25) is 16.0 Å². The zero-order valence-corrected chi connectivity index (χ0v) is 13.2. The number of nitrogens with two attached hydrogens (primary N) is 1. The Morgan fingerprint density at radius 3 is 2.74 bits per heavy atom. The highest BCUT2D eigenvalue weighted by molar-refractivity contribution is 9.10. The lowest BCUT2D eigenvalue weighted by Gasteiger charge is -2.17. The zero-order chi connectivity index (χ0) is 14.0. The van der Waals surface area contributed by atoms with E-state index >= 15 is 0 Å². The van der Waals surface area contributed by atoms with Crippen LogP contribution in [-0.2, 0) is 13.5 Å². The number of rotatable bonds is 4. The molecule has 1 aromatic heterocycles. The van der Waals surface area contributed by atoms with Crippen LogP contribution in [0.2, 0.25) is 5.02 Å². The van der Waals surface area contributed by atoms with Crippen molar-refractivity contribution in [1.29, 1.82) is 0 Å². The third kappa shape index (κ3) is 3.36. The van der Waals surface area contributed by atoms with Crippen LogP contribution in [0.25, 0.3) is 0 Å². The van der Waals surface area contributed by atoms with Gasteiger partial charge < -0.3 is 0 Å². The number of benzene rings is 1. The molecule has 4 nitrogen and oxygen atoms in total. The van der Waals surface area contributed by atoms with Crippen LogP contribution in [-0.4, -0.2) is 9.78 Å². The summed E-state index contributed by atoms with van der Waals surface area (Å²) >= 11 is 9.50. The van der Waals surface area contributed by atoms with Gasteiger partial charge in [0, 0.05) is 23.6 Å². The normalized spacial score (nSPS) is 12.7. The van der Waals surface area contributed by atoms with Gasteiger partial charge in [0.05, 0.1) is 16.8 Å². The van der Waals surface area contributed by atoms with Crippen LogP contribution >= 0.6 is 27.5 Å².